The minimum Gasteiger partial charge on any atom is -0.373 e. The molecule has 0 heterocycles. The first kappa shape index (κ1) is 12.9. The molecule has 18 heavy (non-hydrogen) atoms. The number of guanidine groups is 1. The summed E-state index contributed by atoms with van der Waals surface area (Å²) < 4.78 is 5.94. The molecule has 4 nitrogen and oxygen atoms in total. The van der Waals surface area contributed by atoms with Gasteiger partial charge in [-0.1, -0.05) is 44.2 Å². The highest BCUT2D eigenvalue weighted by Crippen LogP contribution is 2.45. The number of hydrogen-bond acceptors (Lipinski definition) is 2. The van der Waals surface area contributed by atoms with E-state index in [0.717, 1.165) is 6.42 Å². The predicted molar refractivity (Wildman–Crippen MR) is 73.0 cm³/mol. The van der Waals surface area contributed by atoms with Gasteiger partial charge < -0.3 is 16.2 Å². The zero-order valence-electron chi connectivity index (χ0n) is 11.0. The molecule has 0 aromatic heterocycles. The molecule has 1 aromatic carbocycles. The Hall–Kier alpha value is -1.55. The number of nitrogens with zero attached hydrogens (tertiary/aromatic N) is 1. The number of ether oxygens (including phenoxy) is 1. The minimum atomic E-state index is -0.00122. The quantitative estimate of drug-likeness (QED) is 0.627. The van der Waals surface area contributed by atoms with Crippen molar-refractivity contribution >= 4 is 5.96 Å². The van der Waals surface area contributed by atoms with Gasteiger partial charge in [-0.2, -0.15) is 0 Å². The predicted octanol–water partition coefficient (Wildman–Crippen LogP) is 1.64. The average Bonchev–Trinajstić information content (AvgIpc) is 2.33. The van der Waals surface area contributed by atoms with Crippen molar-refractivity contribution in [1.82, 2.24) is 0 Å². The highest BCUT2D eigenvalue weighted by Gasteiger charge is 2.49. The van der Waals surface area contributed by atoms with Gasteiger partial charge in [-0.3, -0.25) is 0 Å². The van der Waals surface area contributed by atoms with Crippen LogP contribution in [-0.4, -0.2) is 18.1 Å². The van der Waals surface area contributed by atoms with Gasteiger partial charge in [0.1, 0.15) is 0 Å². The van der Waals surface area contributed by atoms with Crippen LogP contribution >= 0.6 is 0 Å². The maximum atomic E-state index is 5.94. The number of rotatable bonds is 4. The fourth-order valence-corrected chi connectivity index (χ4v) is 2.32. The Kier molecular flexibility index (Phi) is 3.57. The van der Waals surface area contributed by atoms with Gasteiger partial charge in [0.2, 0.25) is 0 Å². The number of aliphatic imine (C=N–C) groups is 1. The lowest BCUT2D eigenvalue weighted by molar-refractivity contribution is -0.114. The Morgan fingerprint density at radius 2 is 2.00 bits per heavy atom. The van der Waals surface area contributed by atoms with Crippen molar-refractivity contribution < 1.29 is 4.74 Å². The highest BCUT2D eigenvalue weighted by molar-refractivity contribution is 5.76. The summed E-state index contributed by atoms with van der Waals surface area (Å²) in [5.74, 6) is 0.162. The summed E-state index contributed by atoms with van der Waals surface area (Å²) in [5, 5.41) is 0. The van der Waals surface area contributed by atoms with Crippen molar-refractivity contribution in [3.63, 3.8) is 0 Å². The van der Waals surface area contributed by atoms with Crippen LogP contribution in [0.15, 0.2) is 35.3 Å². The van der Waals surface area contributed by atoms with Crippen LogP contribution in [0.3, 0.4) is 0 Å². The van der Waals surface area contributed by atoms with E-state index in [0.29, 0.717) is 6.61 Å². The summed E-state index contributed by atoms with van der Waals surface area (Å²) in [6.07, 6.45) is 1.10. The van der Waals surface area contributed by atoms with E-state index in [1.807, 2.05) is 18.2 Å². The van der Waals surface area contributed by atoms with Gasteiger partial charge in [-0.25, -0.2) is 4.99 Å². The van der Waals surface area contributed by atoms with Crippen molar-refractivity contribution in [2.24, 2.45) is 21.9 Å². The smallest absolute Gasteiger partial charge is 0.186 e. The van der Waals surface area contributed by atoms with Crippen molar-refractivity contribution in [1.29, 1.82) is 0 Å². The standard InChI is InChI=1S/C14H21N3O/c1-14(2)11(17-13(15)16)8-12(14)18-9-10-6-4-3-5-7-10/h3-7,11-12H,8-9H2,1-2H3,(H4,15,16,17). The molecule has 1 fully saturated rings. The lowest BCUT2D eigenvalue weighted by Gasteiger charge is -2.49. The second kappa shape index (κ2) is 4.98. The molecule has 0 bridgehead atoms. The van der Waals surface area contributed by atoms with Crippen LogP contribution in [0.1, 0.15) is 25.8 Å². The number of benzene rings is 1. The fraction of sp³-hybridized carbons (Fsp3) is 0.500. The summed E-state index contributed by atoms with van der Waals surface area (Å²) in [5.41, 5.74) is 12.0. The second-order valence-electron chi connectivity index (χ2n) is 5.41. The van der Waals surface area contributed by atoms with Crippen molar-refractivity contribution in [3.8, 4) is 0 Å². The first-order valence-electron chi connectivity index (χ1n) is 6.24. The topological polar surface area (TPSA) is 73.6 Å². The van der Waals surface area contributed by atoms with Crippen molar-refractivity contribution in [2.45, 2.75) is 39.0 Å². The third-order valence-corrected chi connectivity index (χ3v) is 3.72. The third kappa shape index (κ3) is 2.64. The van der Waals surface area contributed by atoms with E-state index in [1.165, 1.54) is 5.56 Å². The molecule has 2 atom stereocenters. The number of hydrogen-bond donors (Lipinski definition) is 2. The SMILES string of the molecule is CC1(C)C(N=C(N)N)CC1OCc1ccccc1. The molecule has 0 spiro atoms. The summed E-state index contributed by atoms with van der Waals surface area (Å²) in [7, 11) is 0. The molecular formula is C14H21N3O. The molecule has 1 aromatic rings. The van der Waals surface area contributed by atoms with Crippen LogP contribution in [0, 0.1) is 5.41 Å². The lowest BCUT2D eigenvalue weighted by atomic mass is 9.65. The van der Waals surface area contributed by atoms with E-state index in [4.69, 9.17) is 16.2 Å². The lowest BCUT2D eigenvalue weighted by Crippen LogP contribution is -2.54. The first-order chi connectivity index (χ1) is 8.50. The Labute approximate surface area is 108 Å². The Morgan fingerprint density at radius 3 is 2.56 bits per heavy atom. The van der Waals surface area contributed by atoms with Crippen LogP contribution in [-0.2, 0) is 11.3 Å². The Morgan fingerprint density at radius 1 is 1.33 bits per heavy atom. The molecular weight excluding hydrogens is 226 g/mol. The Balaban J connectivity index is 1.88. The van der Waals surface area contributed by atoms with Crippen LogP contribution < -0.4 is 11.5 Å². The van der Waals surface area contributed by atoms with E-state index < -0.39 is 0 Å². The molecule has 4 heteroatoms. The Bertz CT molecular complexity index is 424. The van der Waals surface area contributed by atoms with Gasteiger partial charge in [-0.15, -0.1) is 0 Å². The molecule has 1 saturated carbocycles. The van der Waals surface area contributed by atoms with E-state index in [2.05, 4.69) is 31.0 Å². The first-order valence-corrected chi connectivity index (χ1v) is 6.24. The van der Waals surface area contributed by atoms with Crippen LogP contribution in [0.25, 0.3) is 0 Å². The van der Waals surface area contributed by atoms with Gasteiger partial charge in [0, 0.05) is 5.41 Å². The van der Waals surface area contributed by atoms with Gasteiger partial charge >= 0.3 is 0 Å². The summed E-state index contributed by atoms with van der Waals surface area (Å²) in [6.45, 7) is 4.93. The zero-order chi connectivity index (χ0) is 13.2. The van der Waals surface area contributed by atoms with E-state index in [9.17, 15) is 0 Å². The molecule has 1 aliphatic rings. The van der Waals surface area contributed by atoms with Crippen LogP contribution in [0.2, 0.25) is 0 Å². The van der Waals surface area contributed by atoms with Gasteiger partial charge in [0.15, 0.2) is 5.96 Å². The third-order valence-electron chi connectivity index (χ3n) is 3.72. The van der Waals surface area contributed by atoms with E-state index >= 15 is 0 Å². The van der Waals surface area contributed by atoms with Crippen LogP contribution in [0.5, 0.6) is 0 Å². The average molecular weight is 247 g/mol. The summed E-state index contributed by atoms with van der Waals surface area (Å²) in [4.78, 5) is 4.23. The largest absolute Gasteiger partial charge is 0.373 e. The van der Waals surface area contributed by atoms with Crippen LogP contribution in [0.4, 0.5) is 0 Å². The fourth-order valence-electron chi connectivity index (χ4n) is 2.32. The summed E-state index contributed by atoms with van der Waals surface area (Å²) in [6, 6.07) is 10.4. The monoisotopic (exact) mass is 247 g/mol. The van der Waals surface area contributed by atoms with Crippen molar-refractivity contribution in [2.75, 3.05) is 0 Å². The molecule has 98 valence electrons. The van der Waals surface area contributed by atoms with Gasteiger partial charge in [0.05, 0.1) is 18.8 Å². The van der Waals surface area contributed by atoms with E-state index in [1.54, 1.807) is 0 Å². The molecule has 0 amide bonds. The van der Waals surface area contributed by atoms with E-state index in [-0.39, 0.29) is 23.5 Å². The number of nitrogens with two attached hydrogens (primary N) is 2. The maximum absolute atomic E-state index is 5.94. The second-order valence-corrected chi connectivity index (χ2v) is 5.41. The minimum absolute atomic E-state index is 0.00122. The zero-order valence-corrected chi connectivity index (χ0v) is 11.0. The summed E-state index contributed by atoms with van der Waals surface area (Å²) >= 11 is 0. The molecule has 1 aliphatic carbocycles. The van der Waals surface area contributed by atoms with Gasteiger partial charge in [-0.05, 0) is 12.0 Å². The molecule has 0 aliphatic heterocycles. The molecule has 2 unspecified atom stereocenters. The molecule has 0 radical (unpaired) electrons. The highest BCUT2D eigenvalue weighted by atomic mass is 16.5. The molecule has 4 N–H and O–H groups in total. The maximum Gasteiger partial charge on any atom is 0.186 e. The normalized spacial score (nSPS) is 25.2. The molecule has 2 rings (SSSR count). The molecule has 0 saturated heterocycles. The van der Waals surface area contributed by atoms with Crippen molar-refractivity contribution in [3.05, 3.63) is 35.9 Å². The van der Waals surface area contributed by atoms with Gasteiger partial charge in [0.25, 0.3) is 0 Å².